The van der Waals surface area contributed by atoms with Crippen LogP contribution in [0.3, 0.4) is 0 Å². The van der Waals surface area contributed by atoms with Crippen molar-refractivity contribution in [2.45, 2.75) is 58.8 Å². The van der Waals surface area contributed by atoms with Crippen LogP contribution >= 0.6 is 0 Å². The van der Waals surface area contributed by atoms with Gasteiger partial charge in [-0.1, -0.05) is 38.8 Å². The Balaban J connectivity index is 1.91. The molecular weight excluding hydrogens is 248 g/mol. The van der Waals surface area contributed by atoms with Crippen LogP contribution in [0.4, 0.5) is 0 Å². The molecule has 1 aromatic rings. The lowest BCUT2D eigenvalue weighted by atomic mass is 10.2. The van der Waals surface area contributed by atoms with Crippen molar-refractivity contribution < 1.29 is 9.47 Å². The molecule has 0 saturated carbocycles. The second-order valence-electron chi connectivity index (χ2n) is 5.23. The molecule has 0 aliphatic carbocycles. The standard InChI is InChI=1S/C18H30O2/c1-3-5-14-19-15-8-6-7-9-16-20-18-12-10-17(4-2)11-13-18/h10-13H,3-9,14-16H2,1-2H3. The van der Waals surface area contributed by atoms with Gasteiger partial charge in [-0.3, -0.25) is 0 Å². The van der Waals surface area contributed by atoms with Gasteiger partial charge >= 0.3 is 0 Å². The summed E-state index contributed by atoms with van der Waals surface area (Å²) in [7, 11) is 0. The Kier molecular flexibility index (Phi) is 10.0. The van der Waals surface area contributed by atoms with Crippen LogP contribution in [-0.4, -0.2) is 19.8 Å². The maximum absolute atomic E-state index is 5.73. The topological polar surface area (TPSA) is 18.5 Å². The lowest BCUT2D eigenvalue weighted by molar-refractivity contribution is 0.126. The van der Waals surface area contributed by atoms with E-state index in [2.05, 4.69) is 38.1 Å². The zero-order valence-corrected chi connectivity index (χ0v) is 13.2. The molecule has 0 N–H and O–H groups in total. The van der Waals surface area contributed by atoms with E-state index in [0.717, 1.165) is 38.4 Å². The average Bonchev–Trinajstić information content (AvgIpc) is 2.50. The van der Waals surface area contributed by atoms with Crippen LogP contribution in [0.2, 0.25) is 0 Å². The van der Waals surface area contributed by atoms with E-state index in [-0.39, 0.29) is 0 Å². The third kappa shape index (κ3) is 8.21. The van der Waals surface area contributed by atoms with E-state index in [4.69, 9.17) is 9.47 Å². The summed E-state index contributed by atoms with van der Waals surface area (Å²) in [4.78, 5) is 0. The second-order valence-corrected chi connectivity index (χ2v) is 5.23. The van der Waals surface area contributed by atoms with Gasteiger partial charge in [0.2, 0.25) is 0 Å². The Morgan fingerprint density at radius 2 is 1.40 bits per heavy atom. The Morgan fingerprint density at radius 3 is 2.05 bits per heavy atom. The van der Waals surface area contributed by atoms with Gasteiger partial charge in [-0.15, -0.1) is 0 Å². The fraction of sp³-hybridized carbons (Fsp3) is 0.667. The normalized spacial score (nSPS) is 10.7. The summed E-state index contributed by atoms with van der Waals surface area (Å²) >= 11 is 0. The zero-order valence-electron chi connectivity index (χ0n) is 13.2. The average molecular weight is 278 g/mol. The summed E-state index contributed by atoms with van der Waals surface area (Å²) in [6, 6.07) is 8.42. The summed E-state index contributed by atoms with van der Waals surface area (Å²) in [6.45, 7) is 7.02. The molecule has 2 heteroatoms. The quantitative estimate of drug-likeness (QED) is 0.501. The molecule has 0 spiro atoms. The second kappa shape index (κ2) is 11.8. The van der Waals surface area contributed by atoms with Crippen molar-refractivity contribution in [2.24, 2.45) is 0 Å². The number of hydrogen-bond donors (Lipinski definition) is 0. The number of rotatable bonds is 12. The third-order valence-electron chi connectivity index (χ3n) is 3.43. The predicted octanol–water partition coefficient (Wildman–Crippen LogP) is 5.00. The van der Waals surface area contributed by atoms with Crippen LogP contribution in [0.1, 0.15) is 57.9 Å². The molecule has 0 aliphatic heterocycles. The molecule has 0 fully saturated rings. The summed E-state index contributed by atoms with van der Waals surface area (Å²) in [6.07, 6.45) is 8.26. The van der Waals surface area contributed by atoms with Gasteiger partial charge < -0.3 is 9.47 Å². The van der Waals surface area contributed by atoms with Crippen LogP contribution in [-0.2, 0) is 11.2 Å². The highest BCUT2D eigenvalue weighted by molar-refractivity contribution is 5.27. The van der Waals surface area contributed by atoms with Gasteiger partial charge in [-0.25, -0.2) is 0 Å². The van der Waals surface area contributed by atoms with E-state index in [1.807, 2.05) is 0 Å². The summed E-state index contributed by atoms with van der Waals surface area (Å²) in [5.41, 5.74) is 1.36. The Bertz CT molecular complexity index is 319. The molecule has 0 amide bonds. The Labute approximate surface area is 124 Å². The van der Waals surface area contributed by atoms with Gasteiger partial charge in [0.05, 0.1) is 6.61 Å². The molecule has 0 unspecified atom stereocenters. The molecule has 0 radical (unpaired) electrons. The Morgan fingerprint density at radius 1 is 0.750 bits per heavy atom. The van der Waals surface area contributed by atoms with Crippen molar-refractivity contribution in [1.29, 1.82) is 0 Å². The highest BCUT2D eigenvalue weighted by Gasteiger charge is 1.95. The fourth-order valence-electron chi connectivity index (χ4n) is 2.02. The molecule has 0 bridgehead atoms. The van der Waals surface area contributed by atoms with Crippen molar-refractivity contribution >= 4 is 0 Å². The molecule has 0 aromatic heterocycles. The van der Waals surface area contributed by atoms with Crippen molar-refractivity contribution in [1.82, 2.24) is 0 Å². The molecule has 20 heavy (non-hydrogen) atoms. The van der Waals surface area contributed by atoms with Gasteiger partial charge in [0, 0.05) is 13.2 Å². The van der Waals surface area contributed by atoms with Crippen LogP contribution in [0, 0.1) is 0 Å². The molecule has 114 valence electrons. The van der Waals surface area contributed by atoms with Gasteiger partial charge in [0.25, 0.3) is 0 Å². The molecule has 0 aliphatic rings. The van der Waals surface area contributed by atoms with E-state index >= 15 is 0 Å². The summed E-state index contributed by atoms with van der Waals surface area (Å²) in [5, 5.41) is 0. The minimum Gasteiger partial charge on any atom is -0.494 e. The van der Waals surface area contributed by atoms with Crippen LogP contribution in [0.15, 0.2) is 24.3 Å². The molecule has 1 rings (SSSR count). The minimum atomic E-state index is 0.822. The number of benzene rings is 1. The zero-order chi connectivity index (χ0) is 14.5. The van der Waals surface area contributed by atoms with E-state index in [9.17, 15) is 0 Å². The van der Waals surface area contributed by atoms with Crippen molar-refractivity contribution in [3.8, 4) is 5.75 Å². The Hall–Kier alpha value is -1.02. The van der Waals surface area contributed by atoms with Crippen LogP contribution in [0.25, 0.3) is 0 Å². The van der Waals surface area contributed by atoms with E-state index < -0.39 is 0 Å². The highest BCUT2D eigenvalue weighted by atomic mass is 16.5. The van der Waals surface area contributed by atoms with Gasteiger partial charge in [-0.05, 0) is 49.8 Å². The number of unbranched alkanes of at least 4 members (excludes halogenated alkanes) is 4. The first-order valence-electron chi connectivity index (χ1n) is 8.16. The summed E-state index contributed by atoms with van der Waals surface area (Å²) in [5.74, 6) is 0.991. The SMILES string of the molecule is CCCCOCCCCCCOc1ccc(CC)cc1. The first-order chi connectivity index (χ1) is 9.86. The van der Waals surface area contributed by atoms with E-state index in [1.165, 1.54) is 37.7 Å². The smallest absolute Gasteiger partial charge is 0.119 e. The van der Waals surface area contributed by atoms with Crippen molar-refractivity contribution in [2.75, 3.05) is 19.8 Å². The van der Waals surface area contributed by atoms with E-state index in [1.54, 1.807) is 0 Å². The monoisotopic (exact) mass is 278 g/mol. The van der Waals surface area contributed by atoms with Gasteiger partial charge in [0.15, 0.2) is 0 Å². The lowest BCUT2D eigenvalue weighted by Crippen LogP contribution is -1.99. The molecule has 1 aromatic carbocycles. The fourth-order valence-corrected chi connectivity index (χ4v) is 2.02. The first-order valence-corrected chi connectivity index (χ1v) is 8.16. The largest absolute Gasteiger partial charge is 0.494 e. The van der Waals surface area contributed by atoms with Crippen LogP contribution < -0.4 is 4.74 Å². The lowest BCUT2D eigenvalue weighted by Gasteiger charge is -2.07. The predicted molar refractivity (Wildman–Crippen MR) is 85.5 cm³/mol. The van der Waals surface area contributed by atoms with Crippen molar-refractivity contribution in [3.63, 3.8) is 0 Å². The molecular formula is C18H30O2. The molecule has 0 heterocycles. The summed E-state index contributed by atoms with van der Waals surface area (Å²) < 4.78 is 11.3. The van der Waals surface area contributed by atoms with Crippen LogP contribution in [0.5, 0.6) is 5.75 Å². The minimum absolute atomic E-state index is 0.822. The highest BCUT2D eigenvalue weighted by Crippen LogP contribution is 2.13. The first kappa shape index (κ1) is 17.0. The third-order valence-corrected chi connectivity index (χ3v) is 3.43. The number of aryl methyl sites for hydroxylation is 1. The molecule has 2 nitrogen and oxygen atoms in total. The number of hydrogen-bond acceptors (Lipinski definition) is 2. The number of ether oxygens (including phenoxy) is 2. The molecule has 0 atom stereocenters. The van der Waals surface area contributed by atoms with E-state index in [0.29, 0.717) is 0 Å². The maximum atomic E-state index is 5.73. The van der Waals surface area contributed by atoms with Crippen molar-refractivity contribution in [3.05, 3.63) is 29.8 Å². The molecule has 0 saturated heterocycles. The van der Waals surface area contributed by atoms with Gasteiger partial charge in [-0.2, -0.15) is 0 Å². The van der Waals surface area contributed by atoms with Gasteiger partial charge in [0.1, 0.15) is 5.75 Å². The maximum Gasteiger partial charge on any atom is 0.119 e.